The summed E-state index contributed by atoms with van der Waals surface area (Å²) in [7, 11) is -3.68. The molecule has 19 heavy (non-hydrogen) atoms. The second-order valence-corrected chi connectivity index (χ2v) is 7.67. The maximum atomic E-state index is 12.2. The van der Waals surface area contributed by atoms with Gasteiger partial charge in [-0.2, -0.15) is 0 Å². The van der Waals surface area contributed by atoms with E-state index in [9.17, 15) is 8.42 Å². The lowest BCUT2D eigenvalue weighted by Crippen LogP contribution is -2.12. The Balaban J connectivity index is 2.35. The Morgan fingerprint density at radius 2 is 2.26 bits per heavy atom. The lowest BCUT2D eigenvalue weighted by Gasteiger charge is -2.06. The molecule has 0 saturated heterocycles. The molecule has 2 N–H and O–H groups in total. The zero-order chi connectivity index (χ0) is 14.0. The summed E-state index contributed by atoms with van der Waals surface area (Å²) in [5.41, 5.74) is 0.757. The van der Waals surface area contributed by atoms with E-state index >= 15 is 0 Å². The summed E-state index contributed by atoms with van der Waals surface area (Å²) in [6, 6.07) is 4.93. The third-order valence-electron chi connectivity index (χ3n) is 2.40. The second-order valence-electron chi connectivity index (χ2n) is 3.77. The van der Waals surface area contributed by atoms with Gasteiger partial charge in [-0.15, -0.1) is 11.3 Å². The van der Waals surface area contributed by atoms with Gasteiger partial charge in [-0.05, 0) is 46.6 Å². The van der Waals surface area contributed by atoms with E-state index in [1.807, 2.05) is 0 Å². The zero-order valence-corrected chi connectivity index (χ0v) is 13.1. The first-order chi connectivity index (χ1) is 8.94. The molecule has 0 amide bonds. The number of nitrogens with one attached hydrogen (secondary N) is 1. The van der Waals surface area contributed by atoms with Crippen molar-refractivity contribution in [2.75, 3.05) is 4.72 Å². The largest absolute Gasteiger partial charge is 0.391 e. The summed E-state index contributed by atoms with van der Waals surface area (Å²) in [5.74, 6) is 0.235. The first-order valence-corrected chi connectivity index (χ1v) is 8.37. The van der Waals surface area contributed by atoms with Gasteiger partial charge >= 0.3 is 0 Å². The molecule has 2 aromatic heterocycles. The van der Waals surface area contributed by atoms with Crippen LogP contribution in [-0.4, -0.2) is 18.5 Å². The van der Waals surface area contributed by atoms with Crippen molar-refractivity contribution >= 4 is 43.1 Å². The van der Waals surface area contributed by atoms with Gasteiger partial charge in [0.1, 0.15) is 4.21 Å². The number of halogens is 1. The van der Waals surface area contributed by atoms with E-state index in [1.165, 1.54) is 12.3 Å². The first-order valence-electron chi connectivity index (χ1n) is 5.27. The highest BCUT2D eigenvalue weighted by molar-refractivity contribution is 9.10. The molecule has 0 aliphatic carbocycles. The van der Waals surface area contributed by atoms with Crippen molar-refractivity contribution in [1.82, 2.24) is 4.98 Å². The van der Waals surface area contributed by atoms with Crippen LogP contribution in [0.15, 0.2) is 33.1 Å². The van der Waals surface area contributed by atoms with E-state index in [2.05, 4.69) is 25.6 Å². The van der Waals surface area contributed by atoms with Crippen LogP contribution in [0.2, 0.25) is 0 Å². The molecule has 0 atom stereocenters. The Labute approximate surface area is 123 Å². The minimum atomic E-state index is -3.68. The molecule has 0 aliphatic rings. The number of anilines is 1. The van der Waals surface area contributed by atoms with Gasteiger partial charge < -0.3 is 5.11 Å². The normalized spacial score (nSPS) is 11.5. The fourth-order valence-corrected chi connectivity index (χ4v) is 4.38. The van der Waals surface area contributed by atoms with Gasteiger partial charge in [-0.1, -0.05) is 0 Å². The molecule has 2 rings (SSSR count). The number of aliphatic hydroxyl groups excluding tert-OH is 1. The maximum Gasteiger partial charge on any atom is 0.272 e. The van der Waals surface area contributed by atoms with Crippen molar-refractivity contribution in [1.29, 1.82) is 0 Å². The third kappa shape index (κ3) is 3.14. The number of pyridine rings is 1. The van der Waals surface area contributed by atoms with Gasteiger partial charge in [-0.3, -0.25) is 4.72 Å². The Morgan fingerprint density at radius 3 is 2.84 bits per heavy atom. The van der Waals surface area contributed by atoms with Crippen LogP contribution in [0.25, 0.3) is 0 Å². The van der Waals surface area contributed by atoms with Crippen LogP contribution < -0.4 is 4.72 Å². The molecule has 102 valence electrons. The highest BCUT2D eigenvalue weighted by Gasteiger charge is 2.20. The van der Waals surface area contributed by atoms with Gasteiger partial charge in [0.15, 0.2) is 5.82 Å². The van der Waals surface area contributed by atoms with Crippen LogP contribution >= 0.6 is 27.3 Å². The van der Waals surface area contributed by atoms with Gasteiger partial charge in [0, 0.05) is 11.1 Å². The minimum absolute atomic E-state index is 0.159. The molecule has 2 aromatic rings. The lowest BCUT2D eigenvalue weighted by atomic mass is 10.3. The Morgan fingerprint density at radius 1 is 1.53 bits per heavy atom. The standard InChI is InChI=1S/C11H11BrN2O3S2/c1-7-5-10(18-9(7)6-15)19(16,17)14-11-8(12)3-2-4-13-11/h2-5,15H,6H2,1H3,(H,13,14). The SMILES string of the molecule is Cc1cc(S(=O)(=O)Nc2ncccc2Br)sc1CO. The highest BCUT2D eigenvalue weighted by atomic mass is 79.9. The summed E-state index contributed by atoms with van der Waals surface area (Å²) in [6.45, 7) is 1.59. The number of aryl methyl sites for hydroxylation is 1. The van der Waals surface area contributed by atoms with E-state index < -0.39 is 10.0 Å². The fourth-order valence-electron chi connectivity index (χ4n) is 1.42. The Hall–Kier alpha value is -0.960. The molecule has 0 bridgehead atoms. The summed E-state index contributed by atoms with van der Waals surface area (Å²) >= 11 is 4.28. The van der Waals surface area contributed by atoms with E-state index in [0.717, 1.165) is 16.9 Å². The topological polar surface area (TPSA) is 79.3 Å². The quantitative estimate of drug-likeness (QED) is 0.875. The molecule has 0 aromatic carbocycles. The summed E-state index contributed by atoms with van der Waals surface area (Å²) < 4.78 is 27.5. The number of aliphatic hydroxyl groups is 1. The van der Waals surface area contributed by atoms with Crippen molar-refractivity contribution in [2.24, 2.45) is 0 Å². The van der Waals surface area contributed by atoms with Gasteiger partial charge in [0.25, 0.3) is 10.0 Å². The summed E-state index contributed by atoms with van der Waals surface area (Å²) in [6.07, 6.45) is 1.50. The summed E-state index contributed by atoms with van der Waals surface area (Å²) in [4.78, 5) is 4.60. The van der Waals surface area contributed by atoms with Crippen molar-refractivity contribution < 1.29 is 13.5 Å². The molecular formula is C11H11BrN2O3S2. The van der Waals surface area contributed by atoms with Crippen LogP contribution in [0.1, 0.15) is 10.4 Å². The van der Waals surface area contributed by atoms with Crippen LogP contribution in [0.4, 0.5) is 5.82 Å². The van der Waals surface area contributed by atoms with Crippen LogP contribution in [-0.2, 0) is 16.6 Å². The van der Waals surface area contributed by atoms with Crippen molar-refractivity contribution in [3.63, 3.8) is 0 Å². The molecule has 5 nitrogen and oxygen atoms in total. The Kier molecular flexibility index (Phi) is 4.24. The molecule has 0 saturated carbocycles. The number of hydrogen-bond acceptors (Lipinski definition) is 5. The smallest absolute Gasteiger partial charge is 0.272 e. The van der Waals surface area contributed by atoms with Crippen LogP contribution in [0, 0.1) is 6.92 Å². The lowest BCUT2D eigenvalue weighted by molar-refractivity contribution is 0.285. The number of rotatable bonds is 4. The van der Waals surface area contributed by atoms with Gasteiger partial charge in [-0.25, -0.2) is 13.4 Å². The molecule has 2 heterocycles. The second kappa shape index (κ2) is 5.58. The molecular weight excluding hydrogens is 352 g/mol. The van der Waals surface area contributed by atoms with E-state index in [-0.39, 0.29) is 16.6 Å². The highest BCUT2D eigenvalue weighted by Crippen LogP contribution is 2.28. The van der Waals surface area contributed by atoms with Gasteiger partial charge in [0.05, 0.1) is 11.1 Å². The first kappa shape index (κ1) is 14.4. The van der Waals surface area contributed by atoms with Crippen molar-refractivity contribution in [3.05, 3.63) is 39.3 Å². The number of hydrogen-bond donors (Lipinski definition) is 2. The fraction of sp³-hybridized carbons (Fsp3) is 0.182. The van der Waals surface area contributed by atoms with E-state index in [4.69, 9.17) is 5.11 Å². The monoisotopic (exact) mass is 362 g/mol. The predicted molar refractivity (Wildman–Crippen MR) is 77.7 cm³/mol. The molecule has 8 heteroatoms. The van der Waals surface area contributed by atoms with E-state index in [1.54, 1.807) is 19.1 Å². The van der Waals surface area contributed by atoms with Crippen molar-refractivity contribution in [3.8, 4) is 0 Å². The number of thiophene rings is 1. The molecule has 0 aliphatic heterocycles. The zero-order valence-electron chi connectivity index (χ0n) is 9.92. The number of aromatic nitrogens is 1. The molecule has 0 radical (unpaired) electrons. The maximum absolute atomic E-state index is 12.2. The third-order valence-corrected chi connectivity index (χ3v) is 6.07. The summed E-state index contributed by atoms with van der Waals surface area (Å²) in [5, 5.41) is 9.11. The van der Waals surface area contributed by atoms with Crippen molar-refractivity contribution in [2.45, 2.75) is 17.7 Å². The number of sulfonamides is 1. The minimum Gasteiger partial charge on any atom is -0.391 e. The Bertz CT molecular complexity index is 698. The van der Waals surface area contributed by atoms with Crippen LogP contribution in [0.3, 0.4) is 0 Å². The molecule has 0 spiro atoms. The number of nitrogens with zero attached hydrogens (tertiary/aromatic N) is 1. The average Bonchev–Trinajstić information content (AvgIpc) is 2.74. The predicted octanol–water partition coefficient (Wildman–Crippen LogP) is 2.51. The molecule has 0 unspecified atom stereocenters. The van der Waals surface area contributed by atoms with Gasteiger partial charge in [0.2, 0.25) is 0 Å². The van der Waals surface area contributed by atoms with Crippen LogP contribution in [0.5, 0.6) is 0 Å². The van der Waals surface area contributed by atoms with E-state index in [0.29, 0.717) is 9.35 Å². The average molecular weight is 363 g/mol. The molecule has 0 fully saturated rings.